The highest BCUT2D eigenvalue weighted by atomic mass is 19.1. The fourth-order valence-corrected chi connectivity index (χ4v) is 3.01. The molecule has 0 bridgehead atoms. The average Bonchev–Trinajstić information content (AvgIpc) is 3.18. The lowest BCUT2D eigenvalue weighted by atomic mass is 10.2. The number of pyridine rings is 1. The quantitative estimate of drug-likeness (QED) is 0.853. The fraction of sp³-hybridized carbons (Fsp3) is 0.500. The van der Waals surface area contributed by atoms with Crippen LogP contribution in [0.3, 0.4) is 0 Å². The Kier molecular flexibility index (Phi) is 2.90. The van der Waals surface area contributed by atoms with E-state index in [2.05, 4.69) is 15.0 Å². The molecule has 1 N–H and O–H groups in total. The van der Waals surface area contributed by atoms with Gasteiger partial charge < -0.3 is 14.6 Å². The molecule has 4 rings (SSSR count). The first-order valence-corrected chi connectivity index (χ1v) is 7.15. The first-order valence-electron chi connectivity index (χ1n) is 7.15. The van der Waals surface area contributed by atoms with Gasteiger partial charge in [0, 0.05) is 19.3 Å². The van der Waals surface area contributed by atoms with Crippen LogP contribution in [-0.2, 0) is 4.74 Å². The van der Waals surface area contributed by atoms with E-state index in [-0.39, 0.29) is 17.0 Å². The van der Waals surface area contributed by atoms with Crippen molar-refractivity contribution in [2.24, 2.45) is 0 Å². The Labute approximate surface area is 124 Å². The van der Waals surface area contributed by atoms with E-state index in [9.17, 15) is 13.6 Å². The maximum atomic E-state index is 14.2. The molecule has 1 aliphatic heterocycles. The van der Waals surface area contributed by atoms with Crippen LogP contribution in [0.2, 0.25) is 0 Å². The van der Waals surface area contributed by atoms with Crippen LogP contribution in [0.4, 0.5) is 14.6 Å². The molecule has 2 fully saturated rings. The lowest BCUT2D eigenvalue weighted by Gasteiger charge is -2.23. The van der Waals surface area contributed by atoms with Gasteiger partial charge in [-0.2, -0.15) is 4.98 Å². The Morgan fingerprint density at radius 1 is 1.50 bits per heavy atom. The Morgan fingerprint density at radius 3 is 3.14 bits per heavy atom. The van der Waals surface area contributed by atoms with Crippen molar-refractivity contribution >= 4 is 16.7 Å². The summed E-state index contributed by atoms with van der Waals surface area (Å²) in [5, 5.41) is 0.377. The molecular formula is C14H14F2N4O2. The minimum Gasteiger partial charge on any atom is -0.373 e. The van der Waals surface area contributed by atoms with Gasteiger partial charge in [-0.25, -0.2) is 13.6 Å². The molecule has 0 aromatic carbocycles. The van der Waals surface area contributed by atoms with E-state index in [4.69, 9.17) is 4.74 Å². The number of ether oxygens (including phenoxy) is 1. The number of hydrogen-bond donors (Lipinski definition) is 1. The standard InChI is InChI=1S/C14H14F2N4O2/c1-6-8(15)10-7(5-17-6)13(19-14(21)18-10)20-3-2-4-22-12-9(16)11(12)20/h5,9,11-12H,2-4H2,1H3,(H,18,19,21). The van der Waals surface area contributed by atoms with E-state index in [1.165, 1.54) is 13.1 Å². The molecule has 1 aliphatic carbocycles. The number of aromatic nitrogens is 3. The molecule has 116 valence electrons. The molecule has 3 atom stereocenters. The second-order valence-corrected chi connectivity index (χ2v) is 5.63. The first-order chi connectivity index (χ1) is 10.6. The highest BCUT2D eigenvalue weighted by Gasteiger charge is 2.57. The van der Waals surface area contributed by atoms with Gasteiger partial charge in [-0.1, -0.05) is 0 Å². The zero-order chi connectivity index (χ0) is 15.4. The molecule has 0 spiro atoms. The number of alkyl halides is 1. The topological polar surface area (TPSA) is 71.1 Å². The van der Waals surface area contributed by atoms with Crippen molar-refractivity contribution in [3.8, 4) is 0 Å². The summed E-state index contributed by atoms with van der Waals surface area (Å²) in [5.74, 6) is -0.320. The molecular weight excluding hydrogens is 294 g/mol. The van der Waals surface area contributed by atoms with Crippen molar-refractivity contribution in [1.29, 1.82) is 0 Å². The molecule has 0 radical (unpaired) electrons. The summed E-state index contributed by atoms with van der Waals surface area (Å²) in [6, 6.07) is -0.468. The second kappa shape index (κ2) is 4.70. The molecule has 1 saturated heterocycles. The summed E-state index contributed by atoms with van der Waals surface area (Å²) < 4.78 is 33.5. The van der Waals surface area contributed by atoms with Crippen LogP contribution in [0.5, 0.6) is 0 Å². The largest absolute Gasteiger partial charge is 0.373 e. The smallest absolute Gasteiger partial charge is 0.347 e. The Bertz CT molecular complexity index is 809. The normalized spacial score (nSPS) is 27.6. The molecule has 8 heteroatoms. The van der Waals surface area contributed by atoms with Gasteiger partial charge in [-0.05, 0) is 13.3 Å². The van der Waals surface area contributed by atoms with E-state index < -0.39 is 29.8 Å². The minimum atomic E-state index is -1.11. The maximum absolute atomic E-state index is 14.2. The third-order valence-corrected chi connectivity index (χ3v) is 4.20. The predicted molar refractivity (Wildman–Crippen MR) is 75.2 cm³/mol. The number of halogens is 2. The van der Waals surface area contributed by atoms with Crippen LogP contribution in [0.25, 0.3) is 10.9 Å². The second-order valence-electron chi connectivity index (χ2n) is 5.63. The predicted octanol–water partition coefficient (Wildman–Crippen LogP) is 1.08. The van der Waals surface area contributed by atoms with Crippen molar-refractivity contribution in [3.63, 3.8) is 0 Å². The summed E-state index contributed by atoms with van der Waals surface area (Å²) in [6.45, 7) is 2.48. The Balaban J connectivity index is 1.91. The SMILES string of the molecule is Cc1ncc2c(N3CCCOC4C(F)C43)nc(=O)[nH]c2c1F. The molecule has 1 saturated carbocycles. The van der Waals surface area contributed by atoms with Crippen LogP contribution in [-0.4, -0.2) is 46.4 Å². The van der Waals surface area contributed by atoms with Crippen LogP contribution in [0, 0.1) is 12.7 Å². The molecule has 3 heterocycles. The lowest BCUT2D eigenvalue weighted by Crippen LogP contribution is -2.32. The molecule has 0 amide bonds. The van der Waals surface area contributed by atoms with Crippen LogP contribution < -0.4 is 10.6 Å². The number of aromatic amines is 1. The molecule has 2 aliphatic rings. The number of nitrogens with zero attached hydrogens (tertiary/aromatic N) is 3. The van der Waals surface area contributed by atoms with E-state index in [0.717, 1.165) is 0 Å². The number of aryl methyl sites for hydroxylation is 1. The molecule has 22 heavy (non-hydrogen) atoms. The fourth-order valence-electron chi connectivity index (χ4n) is 3.01. The Hall–Kier alpha value is -2.09. The van der Waals surface area contributed by atoms with Gasteiger partial charge >= 0.3 is 5.69 Å². The monoisotopic (exact) mass is 308 g/mol. The highest BCUT2D eigenvalue weighted by Crippen LogP contribution is 2.40. The van der Waals surface area contributed by atoms with Gasteiger partial charge in [-0.15, -0.1) is 0 Å². The van der Waals surface area contributed by atoms with E-state index in [1.807, 2.05) is 0 Å². The van der Waals surface area contributed by atoms with Crippen molar-refractivity contribution in [3.05, 3.63) is 28.2 Å². The van der Waals surface area contributed by atoms with Crippen molar-refractivity contribution in [1.82, 2.24) is 15.0 Å². The van der Waals surface area contributed by atoms with E-state index in [0.29, 0.717) is 25.0 Å². The van der Waals surface area contributed by atoms with Crippen LogP contribution >= 0.6 is 0 Å². The summed E-state index contributed by atoms with van der Waals surface area (Å²) in [4.78, 5) is 23.8. The highest BCUT2D eigenvalue weighted by molar-refractivity contribution is 5.89. The molecule has 3 unspecified atom stereocenters. The minimum absolute atomic E-state index is 0.0558. The van der Waals surface area contributed by atoms with Gasteiger partial charge in [-0.3, -0.25) is 4.98 Å². The molecule has 2 aromatic heterocycles. The summed E-state index contributed by atoms with van der Waals surface area (Å²) in [6.07, 6.45) is 0.543. The van der Waals surface area contributed by atoms with Crippen molar-refractivity contribution in [2.75, 3.05) is 18.1 Å². The zero-order valence-electron chi connectivity index (χ0n) is 11.8. The zero-order valence-corrected chi connectivity index (χ0v) is 11.8. The number of rotatable bonds is 1. The summed E-state index contributed by atoms with van der Waals surface area (Å²) >= 11 is 0. The van der Waals surface area contributed by atoms with Crippen LogP contribution in [0.1, 0.15) is 12.1 Å². The van der Waals surface area contributed by atoms with Gasteiger partial charge in [0.25, 0.3) is 0 Å². The maximum Gasteiger partial charge on any atom is 0.347 e. The molecule has 6 nitrogen and oxygen atoms in total. The van der Waals surface area contributed by atoms with E-state index in [1.54, 1.807) is 4.90 Å². The number of H-pyrrole nitrogens is 1. The summed E-state index contributed by atoms with van der Waals surface area (Å²) in [7, 11) is 0. The summed E-state index contributed by atoms with van der Waals surface area (Å²) in [5.41, 5.74) is -0.419. The number of fused-ring (bicyclic) bond motifs is 2. The first kappa shape index (κ1) is 13.6. The lowest BCUT2D eigenvalue weighted by molar-refractivity contribution is 0.105. The van der Waals surface area contributed by atoms with Gasteiger partial charge in [0.2, 0.25) is 0 Å². The van der Waals surface area contributed by atoms with E-state index >= 15 is 0 Å². The van der Waals surface area contributed by atoms with Gasteiger partial charge in [0.1, 0.15) is 11.9 Å². The van der Waals surface area contributed by atoms with Gasteiger partial charge in [0.05, 0.1) is 22.6 Å². The third-order valence-electron chi connectivity index (χ3n) is 4.20. The number of hydrogen-bond acceptors (Lipinski definition) is 5. The third kappa shape index (κ3) is 1.90. The van der Waals surface area contributed by atoms with Crippen LogP contribution in [0.15, 0.2) is 11.0 Å². The van der Waals surface area contributed by atoms with Crippen molar-refractivity contribution < 1.29 is 13.5 Å². The van der Waals surface area contributed by atoms with Gasteiger partial charge in [0.15, 0.2) is 12.0 Å². The Morgan fingerprint density at radius 2 is 2.32 bits per heavy atom. The number of anilines is 1. The number of nitrogens with one attached hydrogen (secondary N) is 1. The van der Waals surface area contributed by atoms with Crippen molar-refractivity contribution in [2.45, 2.75) is 31.7 Å². The molecule has 2 aromatic rings. The average molecular weight is 308 g/mol.